The number of hydrogen-bond donors (Lipinski definition) is 1. The molecule has 4 heteroatoms. The van der Waals surface area contributed by atoms with Gasteiger partial charge in [-0.15, -0.1) is 0 Å². The van der Waals surface area contributed by atoms with Crippen molar-refractivity contribution >= 4 is 17.5 Å². The summed E-state index contributed by atoms with van der Waals surface area (Å²) in [4.78, 5) is 11.3. The molecule has 0 bridgehead atoms. The zero-order valence-electron chi connectivity index (χ0n) is 9.72. The Balaban J connectivity index is 2.21. The third-order valence-corrected chi connectivity index (χ3v) is 3.69. The lowest BCUT2D eigenvalue weighted by atomic mass is 9.87. The molecule has 1 unspecified atom stereocenters. The van der Waals surface area contributed by atoms with Gasteiger partial charge >= 0.3 is 0 Å². The average Bonchev–Trinajstić information content (AvgIpc) is 2.65. The summed E-state index contributed by atoms with van der Waals surface area (Å²) in [6, 6.07) is 4.69. The Kier molecular flexibility index (Phi) is 3.38. The van der Waals surface area contributed by atoms with Crippen molar-refractivity contribution in [2.45, 2.75) is 38.1 Å². The SMILES string of the molecule is CCC1(Cc2ccc(Cl)cc2F)CCC(=O)N1. The highest BCUT2D eigenvalue weighted by molar-refractivity contribution is 6.30. The van der Waals surface area contributed by atoms with Crippen LogP contribution in [0.2, 0.25) is 5.02 Å². The predicted octanol–water partition coefficient (Wildman–Crippen LogP) is 3.08. The Bertz CT molecular complexity index is 449. The summed E-state index contributed by atoms with van der Waals surface area (Å²) in [7, 11) is 0. The van der Waals surface area contributed by atoms with E-state index in [9.17, 15) is 9.18 Å². The van der Waals surface area contributed by atoms with E-state index in [1.807, 2.05) is 6.92 Å². The molecule has 0 aromatic heterocycles. The zero-order chi connectivity index (χ0) is 12.5. The molecule has 17 heavy (non-hydrogen) atoms. The average molecular weight is 256 g/mol. The Morgan fingerprint density at radius 1 is 1.53 bits per heavy atom. The van der Waals surface area contributed by atoms with Crippen LogP contribution in [-0.2, 0) is 11.2 Å². The van der Waals surface area contributed by atoms with Crippen molar-refractivity contribution in [3.63, 3.8) is 0 Å². The van der Waals surface area contributed by atoms with Gasteiger partial charge in [0.05, 0.1) is 0 Å². The Labute approximate surface area is 105 Å². The molecular weight excluding hydrogens is 241 g/mol. The number of carbonyl (C=O) groups excluding carboxylic acids is 1. The standard InChI is InChI=1S/C13H15ClFNO/c1-2-13(6-5-12(17)16-13)8-9-3-4-10(14)7-11(9)15/h3-4,7H,2,5-6,8H2,1H3,(H,16,17). The summed E-state index contributed by atoms with van der Waals surface area (Å²) in [5.41, 5.74) is 0.324. The summed E-state index contributed by atoms with van der Waals surface area (Å²) in [6.07, 6.45) is 2.63. The van der Waals surface area contributed by atoms with Crippen LogP contribution in [0.5, 0.6) is 0 Å². The largest absolute Gasteiger partial charge is 0.350 e. The molecule has 92 valence electrons. The lowest BCUT2D eigenvalue weighted by Gasteiger charge is -2.28. The number of halogens is 2. The Hall–Kier alpha value is -1.09. The van der Waals surface area contributed by atoms with E-state index in [0.29, 0.717) is 23.4 Å². The van der Waals surface area contributed by atoms with Gasteiger partial charge in [-0.2, -0.15) is 0 Å². The maximum Gasteiger partial charge on any atom is 0.220 e. The molecule has 0 saturated carbocycles. The topological polar surface area (TPSA) is 29.1 Å². The Morgan fingerprint density at radius 2 is 2.29 bits per heavy atom. The van der Waals surface area contributed by atoms with Crippen LogP contribution >= 0.6 is 11.6 Å². The summed E-state index contributed by atoms with van der Waals surface area (Å²) >= 11 is 5.72. The predicted molar refractivity (Wildman–Crippen MR) is 65.5 cm³/mol. The van der Waals surface area contributed by atoms with Crippen molar-refractivity contribution in [1.29, 1.82) is 0 Å². The molecule has 1 N–H and O–H groups in total. The van der Waals surface area contributed by atoms with Gasteiger partial charge in [0.1, 0.15) is 5.82 Å². The molecule has 1 aliphatic rings. The molecule has 2 rings (SSSR count). The fourth-order valence-corrected chi connectivity index (χ4v) is 2.48. The molecule has 1 aromatic rings. The first-order valence-electron chi connectivity index (χ1n) is 5.79. The van der Waals surface area contributed by atoms with Crippen LogP contribution in [0, 0.1) is 5.82 Å². The number of rotatable bonds is 3. The van der Waals surface area contributed by atoms with Crippen molar-refractivity contribution in [1.82, 2.24) is 5.32 Å². The highest BCUT2D eigenvalue weighted by Crippen LogP contribution is 2.29. The third-order valence-electron chi connectivity index (χ3n) is 3.46. The monoisotopic (exact) mass is 255 g/mol. The molecule has 0 radical (unpaired) electrons. The Morgan fingerprint density at radius 3 is 2.82 bits per heavy atom. The minimum atomic E-state index is -0.300. The van der Waals surface area contributed by atoms with Gasteiger partial charge in [0, 0.05) is 17.0 Å². The molecule has 1 amide bonds. The van der Waals surface area contributed by atoms with Gasteiger partial charge in [0.15, 0.2) is 0 Å². The van der Waals surface area contributed by atoms with Gasteiger partial charge in [0.25, 0.3) is 0 Å². The molecule has 1 atom stereocenters. The molecule has 1 aliphatic heterocycles. The number of hydrogen-bond acceptors (Lipinski definition) is 1. The second-order valence-corrected chi connectivity index (χ2v) is 5.03. The smallest absolute Gasteiger partial charge is 0.220 e. The van der Waals surface area contributed by atoms with Crippen molar-refractivity contribution in [2.75, 3.05) is 0 Å². The number of carbonyl (C=O) groups is 1. The van der Waals surface area contributed by atoms with Crippen LogP contribution in [0.4, 0.5) is 4.39 Å². The molecule has 2 nitrogen and oxygen atoms in total. The van der Waals surface area contributed by atoms with Crippen molar-refractivity contribution in [3.05, 3.63) is 34.6 Å². The van der Waals surface area contributed by atoms with Crippen LogP contribution in [0.1, 0.15) is 31.7 Å². The fourth-order valence-electron chi connectivity index (χ4n) is 2.33. The maximum absolute atomic E-state index is 13.7. The van der Waals surface area contributed by atoms with Crippen LogP contribution in [0.25, 0.3) is 0 Å². The molecule has 1 heterocycles. The van der Waals surface area contributed by atoms with E-state index in [-0.39, 0.29) is 17.3 Å². The van der Waals surface area contributed by atoms with E-state index >= 15 is 0 Å². The van der Waals surface area contributed by atoms with E-state index in [0.717, 1.165) is 12.8 Å². The first-order chi connectivity index (χ1) is 8.04. The maximum atomic E-state index is 13.7. The number of amides is 1. The molecule has 1 fully saturated rings. The van der Waals surface area contributed by atoms with Gasteiger partial charge in [-0.1, -0.05) is 24.6 Å². The first kappa shape index (κ1) is 12.4. The van der Waals surface area contributed by atoms with Crippen LogP contribution in [-0.4, -0.2) is 11.4 Å². The number of benzene rings is 1. The second-order valence-electron chi connectivity index (χ2n) is 4.59. The summed E-state index contributed by atoms with van der Waals surface area (Å²) in [5, 5.41) is 3.36. The van der Waals surface area contributed by atoms with Crippen molar-refractivity contribution < 1.29 is 9.18 Å². The molecule has 1 aromatic carbocycles. The van der Waals surface area contributed by atoms with Gasteiger partial charge in [-0.3, -0.25) is 4.79 Å². The summed E-state index contributed by atoms with van der Waals surface area (Å²) in [5.74, 6) is -0.243. The third kappa shape index (κ3) is 2.60. The van der Waals surface area contributed by atoms with Gasteiger partial charge < -0.3 is 5.32 Å². The van der Waals surface area contributed by atoms with Crippen molar-refractivity contribution in [2.24, 2.45) is 0 Å². The summed E-state index contributed by atoms with van der Waals surface area (Å²) in [6.45, 7) is 2.01. The van der Waals surface area contributed by atoms with E-state index in [2.05, 4.69) is 5.32 Å². The van der Waals surface area contributed by atoms with E-state index in [1.165, 1.54) is 6.07 Å². The van der Waals surface area contributed by atoms with Gasteiger partial charge in [0.2, 0.25) is 5.91 Å². The highest BCUT2D eigenvalue weighted by atomic mass is 35.5. The lowest BCUT2D eigenvalue weighted by molar-refractivity contribution is -0.119. The molecule has 0 aliphatic carbocycles. The molecular formula is C13H15ClFNO. The van der Waals surface area contributed by atoms with Gasteiger partial charge in [-0.05, 0) is 37.0 Å². The normalized spacial score (nSPS) is 23.8. The van der Waals surface area contributed by atoms with Crippen LogP contribution in [0.15, 0.2) is 18.2 Å². The second kappa shape index (κ2) is 4.65. The van der Waals surface area contributed by atoms with Crippen molar-refractivity contribution in [3.8, 4) is 0 Å². The van der Waals surface area contributed by atoms with Gasteiger partial charge in [-0.25, -0.2) is 4.39 Å². The van der Waals surface area contributed by atoms with E-state index < -0.39 is 0 Å². The van der Waals surface area contributed by atoms with Crippen LogP contribution < -0.4 is 5.32 Å². The lowest BCUT2D eigenvalue weighted by Crippen LogP contribution is -2.43. The molecule has 1 saturated heterocycles. The minimum Gasteiger partial charge on any atom is -0.350 e. The first-order valence-corrected chi connectivity index (χ1v) is 6.17. The van der Waals surface area contributed by atoms with E-state index in [1.54, 1.807) is 12.1 Å². The van der Waals surface area contributed by atoms with Crippen LogP contribution in [0.3, 0.4) is 0 Å². The summed E-state index contributed by atoms with van der Waals surface area (Å²) < 4.78 is 13.7. The minimum absolute atomic E-state index is 0.0567. The number of nitrogens with one attached hydrogen (secondary N) is 1. The molecule has 0 spiro atoms. The highest BCUT2D eigenvalue weighted by Gasteiger charge is 2.36. The fraction of sp³-hybridized carbons (Fsp3) is 0.462. The quantitative estimate of drug-likeness (QED) is 0.884. The van der Waals surface area contributed by atoms with E-state index in [4.69, 9.17) is 11.6 Å². The zero-order valence-corrected chi connectivity index (χ0v) is 10.5.